The molecule has 0 amide bonds. The van der Waals surface area contributed by atoms with E-state index in [1.165, 1.54) is 45.2 Å². The molecule has 2 nitrogen and oxygen atoms in total. The molecule has 0 saturated heterocycles. The molecule has 0 aliphatic rings. The van der Waals surface area contributed by atoms with E-state index in [0.717, 1.165) is 12.1 Å². The van der Waals surface area contributed by atoms with Gasteiger partial charge in [0.15, 0.2) is 0 Å². The van der Waals surface area contributed by atoms with Crippen LogP contribution in [0.3, 0.4) is 0 Å². The first-order valence-electron chi connectivity index (χ1n) is 7.68. The zero-order chi connectivity index (χ0) is 22.0. The lowest BCUT2D eigenvalue weighted by atomic mass is 10.2. The topological polar surface area (TPSA) is 18.5 Å². The monoisotopic (exact) mass is 652 g/mol. The maximum absolute atomic E-state index is 13.3. The highest BCUT2D eigenvalue weighted by Gasteiger charge is 2.37. The molecule has 2 aromatic carbocycles. The Morgan fingerprint density at radius 1 is 0.655 bits per heavy atom. The zero-order valence-electron chi connectivity index (χ0n) is 14.0. The highest BCUT2D eigenvalue weighted by Crippen LogP contribution is 2.40. The molecule has 0 aromatic heterocycles. The third kappa shape index (κ3) is 6.46. The number of ether oxygens (including phenoxy) is 2. The Labute approximate surface area is 186 Å². The van der Waals surface area contributed by atoms with Crippen molar-refractivity contribution in [2.45, 2.75) is 18.8 Å². The van der Waals surface area contributed by atoms with Crippen molar-refractivity contribution in [3.05, 3.63) is 54.2 Å². The summed E-state index contributed by atoms with van der Waals surface area (Å²) in [5.41, 5.74) is -2.59. The molecule has 0 saturated carbocycles. The fourth-order valence-electron chi connectivity index (χ4n) is 2.24. The highest BCUT2D eigenvalue weighted by atomic mass is 127. The van der Waals surface area contributed by atoms with Crippen molar-refractivity contribution >= 4 is 45.2 Å². The van der Waals surface area contributed by atoms with E-state index < -0.39 is 46.6 Å². The van der Waals surface area contributed by atoms with Crippen molar-refractivity contribution in [1.29, 1.82) is 0 Å². The molecule has 0 atom stereocenters. The van der Waals surface area contributed by atoms with Gasteiger partial charge in [0.2, 0.25) is 0 Å². The molecular weight excluding hydrogens is 642 g/mol. The second kappa shape index (κ2) is 9.39. The maximum atomic E-state index is 13.3. The van der Waals surface area contributed by atoms with Gasteiger partial charge in [-0.3, -0.25) is 0 Å². The Morgan fingerprint density at radius 3 is 1.31 bits per heavy atom. The molecule has 0 N–H and O–H groups in total. The summed E-state index contributed by atoms with van der Waals surface area (Å²) in [6, 6.07) is 2.31. The van der Waals surface area contributed by atoms with E-state index in [9.17, 15) is 35.1 Å². The van der Waals surface area contributed by atoms with Crippen molar-refractivity contribution in [3.8, 4) is 11.5 Å². The van der Waals surface area contributed by atoms with Crippen LogP contribution in [0.25, 0.3) is 0 Å². The number of hydrogen-bond donors (Lipinski definition) is 0. The summed E-state index contributed by atoms with van der Waals surface area (Å²) < 4.78 is 115. The molecule has 0 unspecified atom stereocenters. The van der Waals surface area contributed by atoms with E-state index in [4.69, 9.17) is 9.47 Å². The van der Waals surface area contributed by atoms with Crippen LogP contribution in [0.15, 0.2) is 24.3 Å². The van der Waals surface area contributed by atoms with Crippen LogP contribution in [0, 0.1) is 18.8 Å². The Bertz CT molecular complexity index is 810. The molecule has 0 aliphatic heterocycles. The maximum Gasteiger partial charge on any atom is 0.420 e. The predicted molar refractivity (Wildman–Crippen MR) is 104 cm³/mol. The summed E-state index contributed by atoms with van der Waals surface area (Å²) in [5, 5.41) is 0. The molecule has 12 heteroatoms. The second-order valence-corrected chi connectivity index (χ2v) is 7.90. The largest absolute Gasteiger partial charge is 0.492 e. The molecule has 0 spiro atoms. The third-order valence-electron chi connectivity index (χ3n) is 3.41. The number of benzene rings is 2. The highest BCUT2D eigenvalue weighted by molar-refractivity contribution is 14.1. The van der Waals surface area contributed by atoms with Crippen LogP contribution < -0.4 is 9.47 Å². The van der Waals surface area contributed by atoms with Gasteiger partial charge < -0.3 is 9.47 Å². The SMILES string of the molecule is Fc1cc(I)c(OCCCOc2c(I)cc(F)cc2C(F)(F)F)c(C(F)(F)F)c1. The van der Waals surface area contributed by atoms with Gasteiger partial charge in [0.1, 0.15) is 34.3 Å². The number of rotatable bonds is 6. The van der Waals surface area contributed by atoms with Crippen molar-refractivity contribution in [2.75, 3.05) is 13.2 Å². The van der Waals surface area contributed by atoms with Gasteiger partial charge in [0.05, 0.1) is 20.4 Å². The molecule has 29 heavy (non-hydrogen) atoms. The lowest BCUT2D eigenvalue weighted by molar-refractivity contribution is -0.139. The van der Waals surface area contributed by atoms with E-state index in [1.54, 1.807) is 0 Å². The smallest absolute Gasteiger partial charge is 0.420 e. The molecule has 160 valence electrons. The minimum Gasteiger partial charge on any atom is -0.492 e. The molecular formula is C17H10F8I2O2. The minimum atomic E-state index is -4.85. The number of alkyl halides is 6. The quantitative estimate of drug-likeness (QED) is 0.189. The molecule has 0 aliphatic carbocycles. The fourth-order valence-corrected chi connectivity index (χ4v) is 3.73. The fraction of sp³-hybridized carbons (Fsp3) is 0.294. The first-order chi connectivity index (χ1) is 13.3. The van der Waals surface area contributed by atoms with Gasteiger partial charge in [0.25, 0.3) is 0 Å². The van der Waals surface area contributed by atoms with E-state index in [0.29, 0.717) is 12.1 Å². The van der Waals surface area contributed by atoms with E-state index in [2.05, 4.69) is 0 Å². The standard InChI is InChI=1S/C17H10F8I2O2/c18-8-4-10(16(20,21)22)14(12(26)6-8)28-2-1-3-29-15-11(17(23,24)25)5-9(19)7-13(15)27/h4-7H,1-3H2. The van der Waals surface area contributed by atoms with Crippen LogP contribution in [0.5, 0.6) is 11.5 Å². The van der Waals surface area contributed by atoms with Gasteiger partial charge in [0, 0.05) is 6.42 Å². The van der Waals surface area contributed by atoms with Gasteiger partial charge in [-0.25, -0.2) is 8.78 Å². The van der Waals surface area contributed by atoms with Crippen LogP contribution in [0.4, 0.5) is 35.1 Å². The average Bonchev–Trinajstić information content (AvgIpc) is 2.55. The van der Waals surface area contributed by atoms with Crippen LogP contribution in [0.1, 0.15) is 17.5 Å². The number of halogens is 10. The Hall–Kier alpha value is -1.06. The minimum absolute atomic E-state index is 0.0739. The molecule has 0 fully saturated rings. The Morgan fingerprint density at radius 2 is 1.00 bits per heavy atom. The molecule has 2 rings (SSSR count). The summed E-state index contributed by atoms with van der Waals surface area (Å²) in [5.74, 6) is -3.32. The summed E-state index contributed by atoms with van der Waals surface area (Å²) >= 11 is 2.97. The van der Waals surface area contributed by atoms with E-state index in [1.807, 2.05) is 0 Å². The first kappa shape index (κ1) is 24.2. The predicted octanol–water partition coefficient (Wildman–Crippen LogP) is 7.06. The van der Waals surface area contributed by atoms with Crippen molar-refractivity contribution in [1.82, 2.24) is 0 Å². The van der Waals surface area contributed by atoms with Crippen molar-refractivity contribution < 1.29 is 44.6 Å². The Balaban J connectivity index is 2.06. The van der Waals surface area contributed by atoms with Crippen molar-refractivity contribution in [2.24, 2.45) is 0 Å². The van der Waals surface area contributed by atoms with Crippen LogP contribution in [-0.4, -0.2) is 13.2 Å². The number of hydrogen-bond acceptors (Lipinski definition) is 2. The Kier molecular flexibility index (Phi) is 7.84. The summed E-state index contributed by atoms with van der Waals surface area (Å²) in [6.07, 6.45) is -9.77. The summed E-state index contributed by atoms with van der Waals surface area (Å²) in [4.78, 5) is 0. The van der Waals surface area contributed by atoms with Gasteiger partial charge >= 0.3 is 12.4 Å². The van der Waals surface area contributed by atoms with Crippen LogP contribution in [0.2, 0.25) is 0 Å². The van der Waals surface area contributed by atoms with E-state index in [-0.39, 0.29) is 26.8 Å². The van der Waals surface area contributed by atoms with Gasteiger partial charge in [-0.2, -0.15) is 26.3 Å². The average molecular weight is 652 g/mol. The second-order valence-electron chi connectivity index (χ2n) is 5.57. The first-order valence-corrected chi connectivity index (χ1v) is 9.84. The van der Waals surface area contributed by atoms with Gasteiger partial charge in [-0.15, -0.1) is 0 Å². The third-order valence-corrected chi connectivity index (χ3v) is 5.01. The summed E-state index contributed by atoms with van der Waals surface area (Å²) in [7, 11) is 0. The lowest BCUT2D eigenvalue weighted by Gasteiger charge is -2.17. The van der Waals surface area contributed by atoms with Gasteiger partial charge in [-0.1, -0.05) is 0 Å². The molecule has 0 radical (unpaired) electrons. The molecule has 2 aromatic rings. The van der Waals surface area contributed by atoms with E-state index >= 15 is 0 Å². The molecule has 0 heterocycles. The lowest BCUT2D eigenvalue weighted by Crippen LogP contribution is -2.14. The van der Waals surface area contributed by atoms with Crippen LogP contribution >= 0.6 is 45.2 Å². The normalized spacial score (nSPS) is 12.2. The summed E-state index contributed by atoms with van der Waals surface area (Å²) in [6.45, 7) is -0.659. The van der Waals surface area contributed by atoms with Crippen LogP contribution in [-0.2, 0) is 12.4 Å². The van der Waals surface area contributed by atoms with Crippen molar-refractivity contribution in [3.63, 3.8) is 0 Å². The zero-order valence-corrected chi connectivity index (χ0v) is 18.3. The van der Waals surface area contributed by atoms with Gasteiger partial charge in [-0.05, 0) is 69.4 Å². The molecule has 0 bridgehead atoms.